The third-order valence-corrected chi connectivity index (χ3v) is 6.97. The van der Waals surface area contributed by atoms with Crippen LogP contribution in [0, 0.1) is 0 Å². The Balaban J connectivity index is 1.49. The Morgan fingerprint density at radius 3 is 2.39 bits per heavy atom. The van der Waals surface area contributed by atoms with Gasteiger partial charge in [-0.1, -0.05) is 74.5 Å². The number of nitrogens with one attached hydrogen (secondary N) is 1. The molecule has 3 heteroatoms. The highest BCUT2D eigenvalue weighted by Crippen LogP contribution is 2.49. The van der Waals surface area contributed by atoms with Crippen molar-refractivity contribution in [1.29, 1.82) is 0 Å². The minimum Gasteiger partial charge on any atom is -0.323 e. The topological polar surface area (TPSA) is 33.1 Å². The standard InChI is InChI=1S/C28H21N3/c1-28(2)21-10-4-3-8-19(21)20-15-14-17(16-22(20)28)18-9-7-13-25-26(18)30-27-29-23-11-5-6-12-24(23)31(25)27/h3-16H,1-2H3,(H,29,30). The smallest absolute Gasteiger partial charge is 0.213 e. The number of H-pyrrole nitrogens is 1. The van der Waals surface area contributed by atoms with E-state index >= 15 is 0 Å². The van der Waals surface area contributed by atoms with Gasteiger partial charge >= 0.3 is 0 Å². The molecule has 0 aliphatic heterocycles. The molecular formula is C28H21N3. The first-order chi connectivity index (χ1) is 15.1. The lowest BCUT2D eigenvalue weighted by atomic mass is 9.81. The molecule has 2 heterocycles. The molecule has 4 aromatic carbocycles. The molecule has 7 rings (SSSR count). The van der Waals surface area contributed by atoms with Gasteiger partial charge in [-0.3, -0.25) is 4.40 Å². The van der Waals surface area contributed by atoms with Crippen LogP contribution in [0.5, 0.6) is 0 Å². The van der Waals surface area contributed by atoms with Crippen LogP contribution in [-0.2, 0) is 5.41 Å². The minimum atomic E-state index is -0.00765. The highest BCUT2D eigenvalue weighted by atomic mass is 15.1. The number of rotatable bonds is 1. The van der Waals surface area contributed by atoms with E-state index in [0.29, 0.717) is 0 Å². The van der Waals surface area contributed by atoms with Gasteiger partial charge in [-0.05, 0) is 52.1 Å². The zero-order chi connectivity index (χ0) is 20.7. The number of fused-ring (bicyclic) bond motifs is 8. The van der Waals surface area contributed by atoms with Crippen LogP contribution in [0.15, 0.2) is 84.9 Å². The molecule has 0 unspecified atom stereocenters. The summed E-state index contributed by atoms with van der Waals surface area (Å²) in [6.45, 7) is 4.65. The highest BCUT2D eigenvalue weighted by molar-refractivity contribution is 5.98. The van der Waals surface area contributed by atoms with E-state index in [0.717, 1.165) is 27.8 Å². The van der Waals surface area contributed by atoms with E-state index < -0.39 is 0 Å². The van der Waals surface area contributed by atoms with Gasteiger partial charge in [0.2, 0.25) is 5.78 Å². The van der Waals surface area contributed by atoms with E-state index in [2.05, 4.69) is 108 Å². The van der Waals surface area contributed by atoms with Gasteiger partial charge < -0.3 is 4.98 Å². The van der Waals surface area contributed by atoms with Gasteiger partial charge in [0.25, 0.3) is 0 Å². The maximum Gasteiger partial charge on any atom is 0.213 e. The van der Waals surface area contributed by atoms with Crippen LogP contribution in [0.25, 0.3) is 50.1 Å². The molecule has 6 aromatic rings. The zero-order valence-corrected chi connectivity index (χ0v) is 17.5. The van der Waals surface area contributed by atoms with Crippen LogP contribution < -0.4 is 0 Å². The molecule has 0 amide bonds. The van der Waals surface area contributed by atoms with Crippen LogP contribution in [0.3, 0.4) is 0 Å². The summed E-state index contributed by atoms with van der Waals surface area (Å²) in [6, 6.07) is 30.5. The van der Waals surface area contributed by atoms with Crippen molar-refractivity contribution in [3.05, 3.63) is 96.1 Å². The molecule has 0 atom stereocenters. The van der Waals surface area contributed by atoms with E-state index in [4.69, 9.17) is 4.98 Å². The molecule has 2 aromatic heterocycles. The second-order valence-electron chi connectivity index (χ2n) is 9.02. The van der Waals surface area contributed by atoms with Crippen molar-refractivity contribution in [2.24, 2.45) is 0 Å². The van der Waals surface area contributed by atoms with Crippen LogP contribution in [0.1, 0.15) is 25.0 Å². The molecule has 0 bridgehead atoms. The molecular weight excluding hydrogens is 378 g/mol. The molecule has 0 radical (unpaired) electrons. The van der Waals surface area contributed by atoms with E-state index in [1.54, 1.807) is 0 Å². The predicted molar refractivity (Wildman–Crippen MR) is 128 cm³/mol. The fraction of sp³-hybridized carbons (Fsp3) is 0.107. The van der Waals surface area contributed by atoms with Crippen molar-refractivity contribution >= 4 is 27.8 Å². The summed E-state index contributed by atoms with van der Waals surface area (Å²) in [5.41, 5.74) is 12.3. The number of aromatic amines is 1. The van der Waals surface area contributed by atoms with Gasteiger partial charge in [0, 0.05) is 11.0 Å². The first kappa shape index (κ1) is 16.9. The Labute approximate surface area is 180 Å². The maximum absolute atomic E-state index is 5.01. The van der Waals surface area contributed by atoms with E-state index in [1.165, 1.54) is 33.4 Å². The van der Waals surface area contributed by atoms with E-state index in [-0.39, 0.29) is 5.41 Å². The fourth-order valence-electron chi connectivity index (χ4n) is 5.43. The Morgan fingerprint density at radius 2 is 1.45 bits per heavy atom. The largest absolute Gasteiger partial charge is 0.323 e. The molecule has 0 spiro atoms. The first-order valence-electron chi connectivity index (χ1n) is 10.8. The van der Waals surface area contributed by atoms with Crippen LogP contribution in [0.2, 0.25) is 0 Å². The van der Waals surface area contributed by atoms with Crippen molar-refractivity contribution in [3.8, 4) is 22.3 Å². The normalized spacial score (nSPS) is 14.4. The zero-order valence-electron chi connectivity index (χ0n) is 17.5. The van der Waals surface area contributed by atoms with Crippen LogP contribution in [0.4, 0.5) is 0 Å². The minimum absolute atomic E-state index is 0.00765. The summed E-state index contributed by atoms with van der Waals surface area (Å²) >= 11 is 0. The van der Waals surface area contributed by atoms with Gasteiger partial charge in [0.05, 0.1) is 22.1 Å². The molecule has 3 nitrogen and oxygen atoms in total. The van der Waals surface area contributed by atoms with Crippen LogP contribution >= 0.6 is 0 Å². The molecule has 0 saturated heterocycles. The average molecular weight is 399 g/mol. The lowest BCUT2D eigenvalue weighted by Crippen LogP contribution is -2.14. The molecule has 1 aliphatic carbocycles. The molecule has 31 heavy (non-hydrogen) atoms. The summed E-state index contributed by atoms with van der Waals surface area (Å²) in [5.74, 6) is 0.887. The number of para-hydroxylation sites is 3. The first-order valence-corrected chi connectivity index (χ1v) is 10.8. The third-order valence-electron chi connectivity index (χ3n) is 6.97. The number of hydrogen-bond acceptors (Lipinski definition) is 1. The SMILES string of the molecule is CC1(C)c2ccccc2-c2ccc(-c3cccc4c3nc3[nH]c5ccccc5n34)cc21. The number of aromatic nitrogens is 3. The van der Waals surface area contributed by atoms with E-state index in [1.807, 2.05) is 0 Å². The molecule has 1 N–H and O–H groups in total. The van der Waals surface area contributed by atoms with Gasteiger partial charge in [0.1, 0.15) is 0 Å². The lowest BCUT2D eigenvalue weighted by Gasteiger charge is -2.22. The summed E-state index contributed by atoms with van der Waals surface area (Å²) in [7, 11) is 0. The predicted octanol–water partition coefficient (Wildman–Crippen LogP) is 6.94. The second kappa shape index (κ2) is 5.64. The fourth-order valence-corrected chi connectivity index (χ4v) is 5.43. The van der Waals surface area contributed by atoms with Crippen molar-refractivity contribution in [2.75, 3.05) is 0 Å². The molecule has 1 aliphatic rings. The highest BCUT2D eigenvalue weighted by Gasteiger charge is 2.35. The Kier molecular flexibility index (Phi) is 3.07. The second-order valence-corrected chi connectivity index (χ2v) is 9.02. The van der Waals surface area contributed by atoms with E-state index in [9.17, 15) is 0 Å². The van der Waals surface area contributed by atoms with Gasteiger partial charge in [-0.25, -0.2) is 4.98 Å². The summed E-state index contributed by atoms with van der Waals surface area (Å²) in [4.78, 5) is 8.47. The Bertz CT molecular complexity index is 1660. The molecule has 0 fully saturated rings. The van der Waals surface area contributed by atoms with Crippen molar-refractivity contribution < 1.29 is 0 Å². The van der Waals surface area contributed by atoms with Gasteiger partial charge in [-0.15, -0.1) is 0 Å². The van der Waals surface area contributed by atoms with Gasteiger partial charge in [-0.2, -0.15) is 0 Å². The quantitative estimate of drug-likeness (QED) is 0.319. The Hall–Kier alpha value is -3.85. The Morgan fingerprint density at radius 1 is 0.710 bits per heavy atom. The number of hydrogen-bond donors (Lipinski definition) is 1. The van der Waals surface area contributed by atoms with Crippen LogP contribution in [-0.4, -0.2) is 14.4 Å². The number of imidazole rings is 2. The van der Waals surface area contributed by atoms with Crippen molar-refractivity contribution in [2.45, 2.75) is 19.3 Å². The van der Waals surface area contributed by atoms with Crippen molar-refractivity contribution in [3.63, 3.8) is 0 Å². The van der Waals surface area contributed by atoms with Crippen molar-refractivity contribution in [1.82, 2.24) is 14.4 Å². The maximum atomic E-state index is 5.01. The lowest BCUT2D eigenvalue weighted by molar-refractivity contribution is 0.660. The van der Waals surface area contributed by atoms with Gasteiger partial charge in [0.15, 0.2) is 0 Å². The average Bonchev–Trinajstić information content (AvgIpc) is 3.41. The summed E-state index contributed by atoms with van der Waals surface area (Å²) in [5, 5.41) is 0. The summed E-state index contributed by atoms with van der Waals surface area (Å²) < 4.78 is 2.22. The number of benzene rings is 4. The third kappa shape index (κ3) is 2.10. The number of nitrogens with zero attached hydrogens (tertiary/aromatic N) is 2. The summed E-state index contributed by atoms with van der Waals surface area (Å²) in [6.07, 6.45) is 0. The molecule has 0 saturated carbocycles. The monoisotopic (exact) mass is 399 g/mol. The molecule has 148 valence electrons.